The van der Waals surface area contributed by atoms with Gasteiger partial charge in [-0.05, 0) is 50.9 Å². The standard InChI is InChI=1S/C15H19N3O/c1-11-14(12(2)19-17-11)10-18-9-3-4-15(18)13-5-7-16-8-6-13/h5-8,15H,3-4,9-10H2,1-2H3. The Labute approximate surface area is 113 Å². The fourth-order valence-electron chi connectivity index (χ4n) is 2.91. The number of nitrogens with zero attached hydrogens (tertiary/aromatic N) is 3. The van der Waals surface area contributed by atoms with E-state index in [0.717, 1.165) is 24.5 Å². The van der Waals surface area contributed by atoms with Crippen LogP contribution in [0.1, 0.15) is 41.5 Å². The minimum Gasteiger partial charge on any atom is -0.361 e. The highest BCUT2D eigenvalue weighted by molar-refractivity contribution is 5.22. The molecule has 1 saturated heterocycles. The molecule has 1 aliphatic rings. The first kappa shape index (κ1) is 12.4. The molecule has 0 amide bonds. The van der Waals surface area contributed by atoms with E-state index in [1.165, 1.54) is 24.0 Å². The SMILES string of the molecule is Cc1noc(C)c1CN1CCCC1c1ccncc1. The Morgan fingerprint density at radius 2 is 2.11 bits per heavy atom. The molecule has 19 heavy (non-hydrogen) atoms. The smallest absolute Gasteiger partial charge is 0.138 e. The van der Waals surface area contributed by atoms with Crippen LogP contribution in [0, 0.1) is 13.8 Å². The summed E-state index contributed by atoms with van der Waals surface area (Å²) in [6.07, 6.45) is 6.22. The lowest BCUT2D eigenvalue weighted by Gasteiger charge is -2.24. The van der Waals surface area contributed by atoms with Crippen LogP contribution in [0.25, 0.3) is 0 Å². The highest BCUT2D eigenvalue weighted by atomic mass is 16.5. The van der Waals surface area contributed by atoms with E-state index in [0.29, 0.717) is 6.04 Å². The van der Waals surface area contributed by atoms with E-state index in [4.69, 9.17) is 4.52 Å². The Bertz CT molecular complexity index is 530. The first-order valence-corrected chi connectivity index (χ1v) is 6.81. The topological polar surface area (TPSA) is 42.2 Å². The van der Waals surface area contributed by atoms with Crippen molar-refractivity contribution in [3.63, 3.8) is 0 Å². The number of aryl methyl sites for hydroxylation is 2. The molecule has 2 aromatic heterocycles. The number of rotatable bonds is 3. The summed E-state index contributed by atoms with van der Waals surface area (Å²) >= 11 is 0. The van der Waals surface area contributed by atoms with Crippen molar-refractivity contribution in [2.45, 2.75) is 39.3 Å². The lowest BCUT2D eigenvalue weighted by atomic mass is 10.1. The Morgan fingerprint density at radius 1 is 1.32 bits per heavy atom. The van der Waals surface area contributed by atoms with Crippen molar-refractivity contribution in [3.8, 4) is 0 Å². The van der Waals surface area contributed by atoms with Gasteiger partial charge in [0.1, 0.15) is 5.76 Å². The van der Waals surface area contributed by atoms with Crippen LogP contribution in [0.4, 0.5) is 0 Å². The average molecular weight is 257 g/mol. The molecule has 1 atom stereocenters. The van der Waals surface area contributed by atoms with Gasteiger partial charge in [0.15, 0.2) is 0 Å². The monoisotopic (exact) mass is 257 g/mol. The van der Waals surface area contributed by atoms with Crippen LogP contribution in [0.3, 0.4) is 0 Å². The zero-order chi connectivity index (χ0) is 13.2. The van der Waals surface area contributed by atoms with Crippen LogP contribution < -0.4 is 0 Å². The number of aromatic nitrogens is 2. The summed E-state index contributed by atoms with van der Waals surface area (Å²) < 4.78 is 5.26. The average Bonchev–Trinajstić information content (AvgIpc) is 3.02. The minimum absolute atomic E-state index is 0.497. The van der Waals surface area contributed by atoms with Crippen molar-refractivity contribution in [1.82, 2.24) is 15.0 Å². The molecule has 100 valence electrons. The maximum absolute atomic E-state index is 5.26. The van der Waals surface area contributed by atoms with Crippen LogP contribution in [-0.2, 0) is 6.54 Å². The van der Waals surface area contributed by atoms with Crippen molar-refractivity contribution < 1.29 is 4.52 Å². The number of pyridine rings is 1. The molecule has 1 unspecified atom stereocenters. The fraction of sp³-hybridized carbons (Fsp3) is 0.467. The molecule has 3 rings (SSSR count). The maximum atomic E-state index is 5.26. The van der Waals surface area contributed by atoms with Crippen molar-refractivity contribution in [2.24, 2.45) is 0 Å². The third kappa shape index (κ3) is 2.40. The predicted molar refractivity (Wildman–Crippen MR) is 72.6 cm³/mol. The van der Waals surface area contributed by atoms with Gasteiger partial charge in [-0.2, -0.15) is 0 Å². The second-order valence-electron chi connectivity index (χ2n) is 5.21. The third-order valence-electron chi connectivity index (χ3n) is 4.00. The zero-order valence-electron chi connectivity index (χ0n) is 11.5. The van der Waals surface area contributed by atoms with E-state index in [9.17, 15) is 0 Å². The van der Waals surface area contributed by atoms with E-state index >= 15 is 0 Å². The summed E-state index contributed by atoms with van der Waals surface area (Å²) in [5, 5.41) is 4.04. The highest BCUT2D eigenvalue weighted by Crippen LogP contribution is 2.33. The summed E-state index contributed by atoms with van der Waals surface area (Å²) in [7, 11) is 0. The summed E-state index contributed by atoms with van der Waals surface area (Å²) in [5.41, 5.74) is 3.61. The quantitative estimate of drug-likeness (QED) is 0.847. The molecule has 1 aliphatic heterocycles. The Balaban J connectivity index is 1.81. The van der Waals surface area contributed by atoms with Gasteiger partial charge in [-0.1, -0.05) is 5.16 Å². The van der Waals surface area contributed by atoms with Crippen LogP contribution in [-0.4, -0.2) is 21.6 Å². The van der Waals surface area contributed by atoms with Gasteiger partial charge in [-0.25, -0.2) is 0 Å². The van der Waals surface area contributed by atoms with Gasteiger partial charge in [-0.3, -0.25) is 9.88 Å². The van der Waals surface area contributed by atoms with Gasteiger partial charge in [0, 0.05) is 30.5 Å². The Morgan fingerprint density at radius 3 is 2.79 bits per heavy atom. The van der Waals surface area contributed by atoms with Crippen molar-refractivity contribution in [1.29, 1.82) is 0 Å². The molecule has 3 heterocycles. The molecular weight excluding hydrogens is 238 g/mol. The number of hydrogen-bond donors (Lipinski definition) is 0. The molecule has 0 saturated carbocycles. The normalized spacial score (nSPS) is 20.0. The van der Waals surface area contributed by atoms with E-state index in [1.54, 1.807) is 0 Å². The van der Waals surface area contributed by atoms with Crippen molar-refractivity contribution in [2.75, 3.05) is 6.54 Å². The predicted octanol–water partition coefficient (Wildman–Crippen LogP) is 3.02. The van der Waals surface area contributed by atoms with Crippen LogP contribution in [0.5, 0.6) is 0 Å². The van der Waals surface area contributed by atoms with E-state index in [-0.39, 0.29) is 0 Å². The summed E-state index contributed by atoms with van der Waals surface area (Å²) in [4.78, 5) is 6.62. The molecule has 0 radical (unpaired) electrons. The molecule has 0 N–H and O–H groups in total. The highest BCUT2D eigenvalue weighted by Gasteiger charge is 2.27. The number of hydrogen-bond acceptors (Lipinski definition) is 4. The van der Waals surface area contributed by atoms with Crippen LogP contribution in [0.15, 0.2) is 29.0 Å². The van der Waals surface area contributed by atoms with Crippen LogP contribution in [0.2, 0.25) is 0 Å². The van der Waals surface area contributed by atoms with Crippen molar-refractivity contribution >= 4 is 0 Å². The Hall–Kier alpha value is -1.68. The maximum Gasteiger partial charge on any atom is 0.138 e. The molecule has 4 heteroatoms. The van der Waals surface area contributed by atoms with Gasteiger partial charge < -0.3 is 4.52 Å². The largest absolute Gasteiger partial charge is 0.361 e. The first-order chi connectivity index (χ1) is 9.25. The molecule has 4 nitrogen and oxygen atoms in total. The lowest BCUT2D eigenvalue weighted by Crippen LogP contribution is -2.23. The second kappa shape index (κ2) is 5.13. The molecule has 2 aromatic rings. The van der Waals surface area contributed by atoms with Gasteiger partial charge in [0.25, 0.3) is 0 Å². The molecule has 0 aliphatic carbocycles. The third-order valence-corrected chi connectivity index (χ3v) is 4.00. The zero-order valence-corrected chi connectivity index (χ0v) is 11.5. The van der Waals surface area contributed by atoms with Gasteiger partial charge in [-0.15, -0.1) is 0 Å². The Kier molecular flexibility index (Phi) is 3.34. The molecule has 0 spiro atoms. The fourth-order valence-corrected chi connectivity index (χ4v) is 2.91. The number of likely N-dealkylation sites (tertiary alicyclic amines) is 1. The van der Waals surface area contributed by atoms with E-state index < -0.39 is 0 Å². The molecule has 0 aromatic carbocycles. The van der Waals surface area contributed by atoms with Gasteiger partial charge in [0.05, 0.1) is 5.69 Å². The van der Waals surface area contributed by atoms with E-state index in [2.05, 4.69) is 27.2 Å². The van der Waals surface area contributed by atoms with E-state index in [1.807, 2.05) is 26.2 Å². The second-order valence-corrected chi connectivity index (χ2v) is 5.21. The molecular formula is C15H19N3O. The van der Waals surface area contributed by atoms with Crippen LogP contribution >= 0.6 is 0 Å². The molecule has 1 fully saturated rings. The first-order valence-electron chi connectivity index (χ1n) is 6.81. The van der Waals surface area contributed by atoms with Crippen molar-refractivity contribution in [3.05, 3.63) is 47.1 Å². The summed E-state index contributed by atoms with van der Waals surface area (Å²) in [6, 6.07) is 4.74. The van der Waals surface area contributed by atoms with Gasteiger partial charge >= 0.3 is 0 Å². The summed E-state index contributed by atoms with van der Waals surface area (Å²) in [6.45, 7) is 6.07. The van der Waals surface area contributed by atoms with Gasteiger partial charge in [0.2, 0.25) is 0 Å². The minimum atomic E-state index is 0.497. The summed E-state index contributed by atoms with van der Waals surface area (Å²) in [5.74, 6) is 0.942. The molecule has 0 bridgehead atoms. The lowest BCUT2D eigenvalue weighted by molar-refractivity contribution is 0.246.